The highest BCUT2D eigenvalue weighted by Gasteiger charge is 2.16. The first-order valence-corrected chi connectivity index (χ1v) is 7.20. The van der Waals surface area contributed by atoms with E-state index >= 15 is 0 Å². The number of rotatable bonds is 3. The molecule has 0 radical (unpaired) electrons. The van der Waals surface area contributed by atoms with Crippen LogP contribution < -0.4 is 5.73 Å². The Morgan fingerprint density at radius 1 is 1.05 bits per heavy atom. The van der Waals surface area contributed by atoms with Gasteiger partial charge in [-0.05, 0) is 23.8 Å². The predicted octanol–water partition coefficient (Wildman–Crippen LogP) is 4.23. The minimum Gasteiger partial charge on any atom is -0.319 e. The molecule has 0 fully saturated rings. The lowest BCUT2D eigenvalue weighted by molar-refractivity contribution is 0.793. The second kappa shape index (κ2) is 5.90. The third-order valence-electron chi connectivity index (χ3n) is 3.31. The molecule has 106 valence electrons. The van der Waals surface area contributed by atoms with Crippen LogP contribution in [0.1, 0.15) is 17.3 Å². The van der Waals surface area contributed by atoms with Crippen molar-refractivity contribution in [3.63, 3.8) is 0 Å². The summed E-state index contributed by atoms with van der Waals surface area (Å²) >= 11 is 12.2. The van der Waals surface area contributed by atoms with Crippen molar-refractivity contribution in [3.8, 4) is 5.69 Å². The van der Waals surface area contributed by atoms with Gasteiger partial charge in [0.15, 0.2) is 0 Å². The maximum Gasteiger partial charge on any atom is 0.0995 e. The van der Waals surface area contributed by atoms with E-state index in [1.807, 2.05) is 41.0 Å². The molecular weight excluding hydrogens is 305 g/mol. The van der Waals surface area contributed by atoms with Crippen LogP contribution in [0.3, 0.4) is 0 Å². The summed E-state index contributed by atoms with van der Waals surface area (Å²) in [6.45, 7) is 0. The van der Waals surface area contributed by atoms with Gasteiger partial charge in [-0.2, -0.15) is 0 Å². The van der Waals surface area contributed by atoms with Gasteiger partial charge in [-0.25, -0.2) is 4.98 Å². The molecule has 3 nitrogen and oxygen atoms in total. The number of aromatic nitrogens is 2. The largest absolute Gasteiger partial charge is 0.319 e. The fourth-order valence-corrected chi connectivity index (χ4v) is 2.74. The van der Waals surface area contributed by atoms with Crippen molar-refractivity contribution < 1.29 is 0 Å². The topological polar surface area (TPSA) is 43.8 Å². The molecule has 5 heteroatoms. The van der Waals surface area contributed by atoms with Crippen LogP contribution in [-0.2, 0) is 0 Å². The van der Waals surface area contributed by atoms with E-state index in [0.29, 0.717) is 10.0 Å². The number of benzene rings is 2. The van der Waals surface area contributed by atoms with Crippen molar-refractivity contribution in [2.75, 3.05) is 0 Å². The van der Waals surface area contributed by atoms with Gasteiger partial charge < -0.3 is 5.73 Å². The van der Waals surface area contributed by atoms with E-state index in [9.17, 15) is 0 Å². The Morgan fingerprint density at radius 2 is 1.81 bits per heavy atom. The van der Waals surface area contributed by atoms with Crippen LogP contribution in [0.2, 0.25) is 10.0 Å². The molecule has 0 bridgehead atoms. The van der Waals surface area contributed by atoms with Crippen molar-refractivity contribution in [2.45, 2.75) is 6.04 Å². The average Bonchev–Trinajstić information content (AvgIpc) is 2.96. The molecule has 0 aliphatic heterocycles. The van der Waals surface area contributed by atoms with Gasteiger partial charge in [-0.3, -0.25) is 4.57 Å². The number of imidazole rings is 1. The maximum atomic E-state index is 6.35. The van der Waals surface area contributed by atoms with Crippen LogP contribution >= 0.6 is 23.2 Å². The zero-order valence-corrected chi connectivity index (χ0v) is 12.6. The summed E-state index contributed by atoms with van der Waals surface area (Å²) < 4.78 is 1.89. The summed E-state index contributed by atoms with van der Waals surface area (Å²) in [5.74, 6) is 0. The second-order valence-electron chi connectivity index (χ2n) is 4.67. The molecule has 0 aliphatic rings. The molecule has 1 aromatic heterocycles. The highest BCUT2D eigenvalue weighted by molar-refractivity contribution is 6.35. The lowest BCUT2D eigenvalue weighted by Crippen LogP contribution is -2.15. The van der Waals surface area contributed by atoms with Gasteiger partial charge in [-0.1, -0.05) is 53.5 Å². The quantitative estimate of drug-likeness (QED) is 0.785. The molecule has 0 aliphatic carbocycles. The van der Waals surface area contributed by atoms with E-state index < -0.39 is 0 Å². The number of hydrogen-bond acceptors (Lipinski definition) is 2. The van der Waals surface area contributed by atoms with Gasteiger partial charge >= 0.3 is 0 Å². The maximum absolute atomic E-state index is 6.35. The highest BCUT2D eigenvalue weighted by atomic mass is 35.5. The van der Waals surface area contributed by atoms with Crippen LogP contribution in [0.15, 0.2) is 61.1 Å². The SMILES string of the molecule is NC(c1ccccc1)c1cncn1-c1ccc(Cl)cc1Cl. The zero-order valence-electron chi connectivity index (χ0n) is 11.1. The fourth-order valence-electron chi connectivity index (χ4n) is 2.24. The summed E-state index contributed by atoms with van der Waals surface area (Å²) in [6.07, 6.45) is 3.45. The number of nitrogens with zero attached hydrogens (tertiary/aromatic N) is 2. The Hall–Kier alpha value is -1.81. The molecule has 0 spiro atoms. The van der Waals surface area contributed by atoms with Crippen LogP contribution in [0.4, 0.5) is 0 Å². The third kappa shape index (κ3) is 2.81. The molecule has 1 unspecified atom stereocenters. The summed E-state index contributed by atoms with van der Waals surface area (Å²) in [5.41, 5.74) is 9.04. The molecule has 3 aromatic rings. The molecule has 2 aromatic carbocycles. The molecule has 0 amide bonds. The van der Waals surface area contributed by atoms with Crippen LogP contribution in [0.25, 0.3) is 5.69 Å². The van der Waals surface area contributed by atoms with Gasteiger partial charge in [0.25, 0.3) is 0 Å². The summed E-state index contributed by atoms with van der Waals surface area (Å²) in [7, 11) is 0. The van der Waals surface area contributed by atoms with E-state index in [-0.39, 0.29) is 6.04 Å². The summed E-state index contributed by atoms with van der Waals surface area (Å²) in [6, 6.07) is 14.9. The number of halogens is 2. The average molecular weight is 318 g/mol. The van der Waals surface area contributed by atoms with Crippen LogP contribution in [0, 0.1) is 0 Å². The van der Waals surface area contributed by atoms with Crippen LogP contribution in [-0.4, -0.2) is 9.55 Å². The Kier molecular flexibility index (Phi) is 3.97. The molecular formula is C16H13Cl2N3. The normalized spacial score (nSPS) is 12.3. The summed E-state index contributed by atoms with van der Waals surface area (Å²) in [5, 5.41) is 1.15. The van der Waals surface area contributed by atoms with Gasteiger partial charge in [0.1, 0.15) is 0 Å². The van der Waals surface area contributed by atoms with E-state index in [1.165, 1.54) is 0 Å². The Balaban J connectivity index is 2.05. The zero-order chi connectivity index (χ0) is 14.8. The molecule has 0 saturated carbocycles. The molecule has 21 heavy (non-hydrogen) atoms. The minimum atomic E-state index is -0.277. The smallest absolute Gasteiger partial charge is 0.0995 e. The monoisotopic (exact) mass is 317 g/mol. The lowest BCUT2D eigenvalue weighted by Gasteiger charge is -2.16. The van der Waals surface area contributed by atoms with Gasteiger partial charge in [-0.15, -0.1) is 0 Å². The molecule has 1 atom stereocenters. The first-order chi connectivity index (χ1) is 10.2. The van der Waals surface area contributed by atoms with E-state index in [4.69, 9.17) is 28.9 Å². The number of hydrogen-bond donors (Lipinski definition) is 1. The van der Waals surface area contributed by atoms with Gasteiger partial charge in [0.05, 0.1) is 35.0 Å². The second-order valence-corrected chi connectivity index (χ2v) is 5.52. The van der Waals surface area contributed by atoms with Gasteiger partial charge in [0, 0.05) is 5.02 Å². The van der Waals surface area contributed by atoms with Crippen molar-refractivity contribution in [1.29, 1.82) is 0 Å². The molecule has 1 heterocycles. The van der Waals surface area contributed by atoms with Crippen molar-refractivity contribution in [1.82, 2.24) is 9.55 Å². The van der Waals surface area contributed by atoms with Gasteiger partial charge in [0.2, 0.25) is 0 Å². The van der Waals surface area contributed by atoms with E-state index in [1.54, 1.807) is 24.7 Å². The first-order valence-electron chi connectivity index (χ1n) is 6.45. The molecule has 0 saturated heterocycles. The van der Waals surface area contributed by atoms with E-state index in [2.05, 4.69) is 4.98 Å². The lowest BCUT2D eigenvalue weighted by atomic mass is 10.1. The molecule has 2 N–H and O–H groups in total. The minimum absolute atomic E-state index is 0.277. The standard InChI is InChI=1S/C16H13Cl2N3/c17-12-6-7-14(13(18)8-12)21-10-20-9-15(21)16(19)11-4-2-1-3-5-11/h1-10,16H,19H2. The van der Waals surface area contributed by atoms with Crippen molar-refractivity contribution in [2.24, 2.45) is 5.73 Å². The first kappa shape index (κ1) is 14.1. The van der Waals surface area contributed by atoms with Crippen molar-refractivity contribution >= 4 is 23.2 Å². The van der Waals surface area contributed by atoms with Crippen LogP contribution in [0.5, 0.6) is 0 Å². The Labute approximate surface area is 132 Å². The fraction of sp³-hybridized carbons (Fsp3) is 0.0625. The third-order valence-corrected chi connectivity index (χ3v) is 3.85. The predicted molar refractivity (Wildman–Crippen MR) is 86.1 cm³/mol. The summed E-state index contributed by atoms with van der Waals surface area (Å²) in [4.78, 5) is 4.20. The van der Waals surface area contributed by atoms with Crippen molar-refractivity contribution in [3.05, 3.63) is 82.4 Å². The Bertz CT molecular complexity index is 753. The molecule has 3 rings (SSSR count). The van der Waals surface area contributed by atoms with E-state index in [0.717, 1.165) is 16.9 Å². The highest BCUT2D eigenvalue weighted by Crippen LogP contribution is 2.28. The Morgan fingerprint density at radius 3 is 2.52 bits per heavy atom. The number of nitrogens with two attached hydrogens (primary N) is 1.